The van der Waals surface area contributed by atoms with Gasteiger partial charge in [0, 0.05) is 31.0 Å². The normalized spacial score (nSPS) is 15.2. The van der Waals surface area contributed by atoms with Crippen LogP contribution in [0.25, 0.3) is 6.08 Å². The molecule has 0 aliphatic carbocycles. The van der Waals surface area contributed by atoms with E-state index in [-0.39, 0.29) is 5.91 Å². The van der Waals surface area contributed by atoms with E-state index in [0.717, 1.165) is 24.2 Å². The van der Waals surface area contributed by atoms with Gasteiger partial charge < -0.3 is 10.2 Å². The highest BCUT2D eigenvalue weighted by molar-refractivity contribution is 5.91. The first-order chi connectivity index (χ1) is 13.4. The summed E-state index contributed by atoms with van der Waals surface area (Å²) in [4.78, 5) is 13.7. The summed E-state index contributed by atoms with van der Waals surface area (Å²) in [5, 5.41) is 2.82. The van der Waals surface area contributed by atoms with E-state index in [4.69, 9.17) is 0 Å². The fourth-order valence-corrected chi connectivity index (χ4v) is 3.46. The zero-order chi connectivity index (χ0) is 20.0. The molecule has 2 aromatic rings. The van der Waals surface area contributed by atoms with Gasteiger partial charge in [0.25, 0.3) is 0 Å². The maximum absolute atomic E-state index is 12.8. The van der Waals surface area contributed by atoms with Crippen molar-refractivity contribution < 1.29 is 22.9 Å². The van der Waals surface area contributed by atoms with Gasteiger partial charge in [0.2, 0.25) is 5.91 Å². The Morgan fingerprint density at radius 1 is 1.04 bits per heavy atom. The maximum Gasteiger partial charge on any atom is 0.416 e. The van der Waals surface area contributed by atoms with Gasteiger partial charge in [-0.3, -0.25) is 4.79 Å². The number of carbonyl (C=O) groups excluding carboxylic acids is 1. The van der Waals surface area contributed by atoms with Crippen LogP contribution in [0.2, 0.25) is 0 Å². The highest BCUT2D eigenvalue weighted by Gasteiger charge is 2.30. The van der Waals surface area contributed by atoms with E-state index in [1.165, 1.54) is 55.8 Å². The Hall–Kier alpha value is -2.60. The molecule has 0 aromatic heterocycles. The zero-order valence-corrected chi connectivity index (χ0v) is 15.6. The molecule has 28 heavy (non-hydrogen) atoms. The van der Waals surface area contributed by atoms with E-state index in [1.807, 2.05) is 18.2 Å². The molecule has 1 aliphatic heterocycles. The molecule has 2 N–H and O–H groups in total. The molecule has 0 bridgehead atoms. The Morgan fingerprint density at radius 2 is 1.75 bits per heavy atom. The molecule has 6 heteroatoms. The quantitative estimate of drug-likeness (QED) is 0.731. The second kappa shape index (κ2) is 9.06. The lowest BCUT2D eigenvalue weighted by Crippen LogP contribution is -3.08. The van der Waals surface area contributed by atoms with E-state index in [9.17, 15) is 18.0 Å². The third-order valence-corrected chi connectivity index (χ3v) is 4.96. The summed E-state index contributed by atoms with van der Waals surface area (Å²) in [5.41, 5.74) is 1.90. The topological polar surface area (TPSA) is 33.5 Å². The summed E-state index contributed by atoms with van der Waals surface area (Å²) in [5.74, 6) is -0.333. The van der Waals surface area contributed by atoms with Gasteiger partial charge in [-0.05, 0) is 29.3 Å². The number of benzene rings is 2. The lowest BCUT2D eigenvalue weighted by molar-refractivity contribution is -0.901. The van der Waals surface area contributed by atoms with Crippen molar-refractivity contribution in [1.82, 2.24) is 5.32 Å². The van der Waals surface area contributed by atoms with Gasteiger partial charge in [-0.25, -0.2) is 0 Å². The standard InChI is InChI=1S/C22H23F3N2O/c23-22(24,25)20-9-5-6-17(14-20)10-11-21(28)26-15-18-7-1-2-8-19(18)16-27-12-3-4-13-27/h1-2,5-11,14H,3-4,12-13,15-16H2,(H,26,28)/p+1/b11-10+. The summed E-state index contributed by atoms with van der Waals surface area (Å²) < 4.78 is 38.3. The molecule has 0 saturated carbocycles. The number of halogens is 3. The van der Waals surface area contributed by atoms with E-state index >= 15 is 0 Å². The second-order valence-corrected chi connectivity index (χ2v) is 7.08. The average Bonchev–Trinajstić information content (AvgIpc) is 3.18. The molecule has 1 fully saturated rings. The van der Waals surface area contributed by atoms with Gasteiger partial charge in [0.1, 0.15) is 6.54 Å². The molecule has 1 amide bonds. The highest BCUT2D eigenvalue weighted by atomic mass is 19.4. The monoisotopic (exact) mass is 389 g/mol. The fraction of sp³-hybridized carbons (Fsp3) is 0.318. The molecule has 3 nitrogen and oxygen atoms in total. The van der Waals surface area contributed by atoms with Crippen LogP contribution in [0, 0.1) is 0 Å². The minimum Gasteiger partial charge on any atom is -0.348 e. The molecule has 2 aromatic carbocycles. The SMILES string of the molecule is O=C(/C=C/c1cccc(C(F)(F)F)c1)NCc1ccccc1C[NH+]1CCCC1. The van der Waals surface area contributed by atoms with Gasteiger partial charge >= 0.3 is 6.18 Å². The Bertz CT molecular complexity index is 840. The van der Waals surface area contributed by atoms with Crippen molar-refractivity contribution in [2.75, 3.05) is 13.1 Å². The van der Waals surface area contributed by atoms with Crippen LogP contribution >= 0.6 is 0 Å². The molecule has 0 unspecified atom stereocenters. The van der Waals surface area contributed by atoms with Crippen LogP contribution in [0.5, 0.6) is 0 Å². The number of alkyl halides is 3. The van der Waals surface area contributed by atoms with Crippen molar-refractivity contribution in [3.05, 3.63) is 76.9 Å². The molecule has 3 rings (SSSR count). The minimum atomic E-state index is -4.40. The largest absolute Gasteiger partial charge is 0.416 e. The number of rotatable bonds is 6. The van der Waals surface area contributed by atoms with Gasteiger partial charge in [-0.15, -0.1) is 0 Å². The van der Waals surface area contributed by atoms with Crippen LogP contribution in [0.4, 0.5) is 13.2 Å². The van der Waals surface area contributed by atoms with Crippen LogP contribution in [0.1, 0.15) is 35.1 Å². The maximum atomic E-state index is 12.8. The first-order valence-electron chi connectivity index (χ1n) is 9.45. The van der Waals surface area contributed by atoms with Gasteiger partial charge in [-0.2, -0.15) is 13.2 Å². The first-order valence-corrected chi connectivity index (χ1v) is 9.45. The summed E-state index contributed by atoms with van der Waals surface area (Å²) in [6, 6.07) is 12.9. The third-order valence-electron chi connectivity index (χ3n) is 4.96. The number of hydrogen-bond acceptors (Lipinski definition) is 1. The molecular formula is C22H24F3N2O+. The second-order valence-electron chi connectivity index (χ2n) is 7.08. The molecule has 148 valence electrons. The number of carbonyl (C=O) groups is 1. The van der Waals surface area contributed by atoms with E-state index < -0.39 is 11.7 Å². The Labute approximate surface area is 162 Å². The smallest absolute Gasteiger partial charge is 0.348 e. The molecule has 1 saturated heterocycles. The Balaban J connectivity index is 1.58. The number of likely N-dealkylation sites (tertiary alicyclic amines) is 1. The predicted octanol–water partition coefficient (Wildman–Crippen LogP) is 3.21. The van der Waals surface area contributed by atoms with Crippen LogP contribution in [0.15, 0.2) is 54.6 Å². The molecule has 0 spiro atoms. The number of quaternary nitrogens is 1. The van der Waals surface area contributed by atoms with Crippen LogP contribution in [-0.4, -0.2) is 19.0 Å². The summed E-state index contributed by atoms with van der Waals surface area (Å²) >= 11 is 0. The number of nitrogens with one attached hydrogen (secondary N) is 2. The number of amides is 1. The van der Waals surface area contributed by atoms with Crippen LogP contribution in [0.3, 0.4) is 0 Å². The zero-order valence-electron chi connectivity index (χ0n) is 15.6. The predicted molar refractivity (Wildman–Crippen MR) is 102 cm³/mol. The molecule has 1 aliphatic rings. The van der Waals surface area contributed by atoms with E-state index in [0.29, 0.717) is 12.1 Å². The van der Waals surface area contributed by atoms with Crippen molar-refractivity contribution in [3.8, 4) is 0 Å². The van der Waals surface area contributed by atoms with Gasteiger partial charge in [0.15, 0.2) is 0 Å². The van der Waals surface area contributed by atoms with Crippen molar-refractivity contribution in [2.24, 2.45) is 0 Å². The molecule has 0 radical (unpaired) electrons. The Kier molecular flexibility index (Phi) is 6.52. The lowest BCUT2D eigenvalue weighted by atomic mass is 10.1. The number of hydrogen-bond donors (Lipinski definition) is 2. The first kappa shape index (κ1) is 20.1. The summed E-state index contributed by atoms with van der Waals surface area (Å²) in [6.07, 6.45) is 0.783. The van der Waals surface area contributed by atoms with Gasteiger partial charge in [0.05, 0.1) is 18.7 Å². The lowest BCUT2D eigenvalue weighted by Gasteiger charge is -2.15. The van der Waals surface area contributed by atoms with Gasteiger partial charge in [-0.1, -0.05) is 36.4 Å². The van der Waals surface area contributed by atoms with E-state index in [2.05, 4.69) is 11.4 Å². The van der Waals surface area contributed by atoms with Crippen molar-refractivity contribution >= 4 is 12.0 Å². The summed E-state index contributed by atoms with van der Waals surface area (Å²) in [7, 11) is 0. The Morgan fingerprint density at radius 3 is 2.46 bits per heavy atom. The average molecular weight is 389 g/mol. The van der Waals surface area contributed by atoms with Crippen molar-refractivity contribution in [1.29, 1.82) is 0 Å². The molecule has 0 atom stereocenters. The minimum absolute atomic E-state index is 0.333. The molecule has 1 heterocycles. The van der Waals surface area contributed by atoms with Crippen LogP contribution in [-0.2, 0) is 24.1 Å². The third kappa shape index (κ3) is 5.70. The van der Waals surface area contributed by atoms with Crippen LogP contribution < -0.4 is 10.2 Å². The van der Waals surface area contributed by atoms with E-state index in [1.54, 1.807) is 4.90 Å². The molecular weight excluding hydrogens is 365 g/mol. The summed E-state index contributed by atoms with van der Waals surface area (Å²) in [6.45, 7) is 3.71. The van der Waals surface area contributed by atoms with Crippen molar-refractivity contribution in [2.45, 2.75) is 32.1 Å². The van der Waals surface area contributed by atoms with Crippen molar-refractivity contribution in [3.63, 3.8) is 0 Å². The highest BCUT2D eigenvalue weighted by Crippen LogP contribution is 2.29. The fourth-order valence-electron chi connectivity index (χ4n) is 3.46.